The molecule has 32 heavy (non-hydrogen) atoms. The van der Waals surface area contributed by atoms with Gasteiger partial charge in [0.25, 0.3) is 0 Å². The van der Waals surface area contributed by atoms with Crippen LogP contribution in [0.5, 0.6) is 0 Å². The minimum atomic E-state index is -6.44. The average Bonchev–Trinajstić information content (AvgIpc) is 2.73. The highest BCUT2D eigenvalue weighted by Crippen LogP contribution is 2.45. The lowest BCUT2D eigenvalue weighted by Gasteiger charge is -2.27. The summed E-state index contributed by atoms with van der Waals surface area (Å²) in [5, 5.41) is 4.83. The fraction of sp³-hybridized carbons (Fsp3) is 0.190. The second-order valence-corrected chi connectivity index (χ2v) is 8.02. The minimum Gasteiger partial charge on any atom is -0.242 e. The van der Waals surface area contributed by atoms with Crippen LogP contribution in [-0.4, -0.2) is 24.4 Å². The Morgan fingerprint density at radius 2 is 1.47 bits per heavy atom. The van der Waals surface area contributed by atoms with Gasteiger partial charge in [-0.05, 0) is 28.5 Å². The van der Waals surface area contributed by atoms with E-state index >= 15 is 0 Å². The first-order valence-corrected chi connectivity index (χ1v) is 10.3. The molecule has 0 fully saturated rings. The number of hydrogen-bond donors (Lipinski definition) is 1. The highest BCUT2D eigenvalue weighted by molar-refractivity contribution is 7.98. The molecule has 0 amide bonds. The van der Waals surface area contributed by atoms with Crippen molar-refractivity contribution in [3.05, 3.63) is 76.8 Å². The van der Waals surface area contributed by atoms with Crippen molar-refractivity contribution < 1.29 is 30.7 Å². The van der Waals surface area contributed by atoms with Crippen LogP contribution in [0, 0.1) is 0 Å². The number of fused-ring (bicyclic) bond motifs is 1. The molecule has 0 aliphatic carbocycles. The van der Waals surface area contributed by atoms with E-state index in [1.54, 1.807) is 36.4 Å². The first-order chi connectivity index (χ1) is 14.9. The number of nitrogens with zero attached hydrogens (tertiary/aromatic N) is 1. The van der Waals surface area contributed by atoms with Crippen molar-refractivity contribution in [3.8, 4) is 0 Å². The van der Waals surface area contributed by atoms with Gasteiger partial charge in [0.05, 0.1) is 6.21 Å². The number of halogens is 8. The number of rotatable bonds is 7. The second kappa shape index (κ2) is 9.19. The zero-order chi connectivity index (χ0) is 23.6. The van der Waals surface area contributed by atoms with Gasteiger partial charge in [-0.2, -0.15) is 35.8 Å². The zero-order valence-corrected chi connectivity index (χ0v) is 17.5. The minimum absolute atomic E-state index is 0.251. The number of nitrogens with one attached hydrogen (secondary N) is 1. The van der Waals surface area contributed by atoms with Crippen molar-refractivity contribution in [2.24, 2.45) is 5.10 Å². The number of hydrogen-bond acceptors (Lipinski definition) is 3. The van der Waals surface area contributed by atoms with Crippen LogP contribution in [0.25, 0.3) is 10.8 Å². The second-order valence-electron chi connectivity index (χ2n) is 6.60. The summed E-state index contributed by atoms with van der Waals surface area (Å²) in [4.78, 5) is 0.833. The van der Waals surface area contributed by atoms with Crippen molar-refractivity contribution in [2.45, 2.75) is 28.8 Å². The van der Waals surface area contributed by atoms with Crippen LogP contribution >= 0.6 is 23.4 Å². The van der Waals surface area contributed by atoms with Gasteiger partial charge in [0, 0.05) is 21.2 Å². The van der Waals surface area contributed by atoms with Gasteiger partial charge < -0.3 is 0 Å². The molecule has 0 spiro atoms. The van der Waals surface area contributed by atoms with Gasteiger partial charge in [0.15, 0.2) is 0 Å². The highest BCUT2D eigenvalue weighted by atomic mass is 35.5. The molecule has 3 aromatic rings. The maximum absolute atomic E-state index is 13.4. The number of hydrazone groups is 1. The van der Waals surface area contributed by atoms with E-state index in [1.807, 2.05) is 18.2 Å². The molecule has 11 heteroatoms. The van der Waals surface area contributed by atoms with Gasteiger partial charge in [-0.1, -0.05) is 60.1 Å². The third kappa shape index (κ3) is 4.96. The predicted molar refractivity (Wildman–Crippen MR) is 112 cm³/mol. The van der Waals surface area contributed by atoms with Gasteiger partial charge in [-0.3, -0.25) is 0 Å². The fourth-order valence-electron chi connectivity index (χ4n) is 2.74. The van der Waals surface area contributed by atoms with E-state index in [0.29, 0.717) is 21.6 Å². The van der Waals surface area contributed by atoms with E-state index in [1.165, 1.54) is 17.8 Å². The van der Waals surface area contributed by atoms with Crippen LogP contribution in [0.15, 0.2) is 70.7 Å². The first kappa shape index (κ1) is 24.2. The molecule has 0 atom stereocenters. The summed E-state index contributed by atoms with van der Waals surface area (Å²) in [6.07, 6.45) is -5.67. The van der Waals surface area contributed by atoms with E-state index in [0.717, 1.165) is 22.1 Å². The van der Waals surface area contributed by atoms with Gasteiger partial charge >= 0.3 is 18.1 Å². The Morgan fingerprint density at radius 3 is 2.12 bits per heavy atom. The quantitative estimate of drug-likeness (QED) is 0.121. The molecule has 0 radical (unpaired) electrons. The van der Waals surface area contributed by atoms with Gasteiger partial charge in [0.2, 0.25) is 0 Å². The maximum Gasteiger partial charge on any atom is 0.462 e. The molecule has 3 rings (SSSR count). The molecular weight excluding hydrogens is 481 g/mol. The summed E-state index contributed by atoms with van der Waals surface area (Å²) in [5.41, 5.74) is 1.79. The standard InChI is InChI=1S/C21H14ClF7N2S/c22-17-8-4-1-5-14(17)12-32-18-10-9-13(15-6-2-3-7-16(15)18)11-30-31-21(28,29)19(23,24)20(25,26)27/h1-11,31H,12H2/b30-11+. The van der Waals surface area contributed by atoms with E-state index in [-0.39, 0.29) is 5.56 Å². The lowest BCUT2D eigenvalue weighted by atomic mass is 10.1. The number of thioether (sulfide) groups is 1. The van der Waals surface area contributed by atoms with Crippen LogP contribution in [-0.2, 0) is 5.75 Å². The Kier molecular flexibility index (Phi) is 6.94. The molecule has 0 aliphatic heterocycles. The lowest BCUT2D eigenvalue weighted by Crippen LogP contribution is -2.58. The van der Waals surface area contributed by atoms with Gasteiger partial charge in [0.1, 0.15) is 0 Å². The molecule has 3 aromatic carbocycles. The van der Waals surface area contributed by atoms with Crippen molar-refractivity contribution >= 4 is 40.3 Å². The van der Waals surface area contributed by atoms with Crippen molar-refractivity contribution in [1.82, 2.24) is 5.43 Å². The van der Waals surface area contributed by atoms with E-state index < -0.39 is 18.1 Å². The molecule has 0 saturated carbocycles. The van der Waals surface area contributed by atoms with E-state index in [9.17, 15) is 30.7 Å². The van der Waals surface area contributed by atoms with Crippen LogP contribution in [0.4, 0.5) is 30.7 Å². The summed E-state index contributed by atoms with van der Waals surface area (Å²) >= 11 is 7.64. The Morgan fingerprint density at radius 1 is 0.844 bits per heavy atom. The van der Waals surface area contributed by atoms with Gasteiger partial charge in [-0.15, -0.1) is 11.8 Å². The fourth-order valence-corrected chi connectivity index (χ4v) is 4.08. The molecule has 0 aromatic heterocycles. The van der Waals surface area contributed by atoms with Crippen LogP contribution < -0.4 is 5.43 Å². The topological polar surface area (TPSA) is 24.4 Å². The molecule has 2 nitrogen and oxygen atoms in total. The van der Waals surface area contributed by atoms with Crippen LogP contribution in [0.2, 0.25) is 5.02 Å². The molecule has 170 valence electrons. The third-order valence-electron chi connectivity index (χ3n) is 4.42. The summed E-state index contributed by atoms with van der Waals surface area (Å²) in [5.74, 6) is -5.74. The number of benzene rings is 3. The van der Waals surface area contributed by atoms with Crippen molar-refractivity contribution in [2.75, 3.05) is 0 Å². The molecule has 1 N–H and O–H groups in total. The largest absolute Gasteiger partial charge is 0.462 e. The predicted octanol–water partition coefficient (Wildman–Crippen LogP) is 7.50. The lowest BCUT2D eigenvalue weighted by molar-refractivity contribution is -0.361. The zero-order valence-electron chi connectivity index (χ0n) is 15.9. The summed E-state index contributed by atoms with van der Waals surface area (Å²) < 4.78 is 89.3. The molecule has 0 unspecified atom stereocenters. The Balaban J connectivity index is 1.83. The summed E-state index contributed by atoms with van der Waals surface area (Å²) in [6, 6.07) is 11.7. The summed E-state index contributed by atoms with van der Waals surface area (Å²) in [7, 11) is 0. The maximum atomic E-state index is 13.4. The summed E-state index contributed by atoms with van der Waals surface area (Å²) in [6.45, 7) is 0. The smallest absolute Gasteiger partial charge is 0.242 e. The monoisotopic (exact) mass is 494 g/mol. The molecular formula is C21H14ClF7N2S. The normalized spacial score (nSPS) is 13.1. The van der Waals surface area contributed by atoms with Crippen molar-refractivity contribution in [1.29, 1.82) is 0 Å². The Labute approximate surface area is 187 Å². The third-order valence-corrected chi connectivity index (χ3v) is 5.91. The van der Waals surface area contributed by atoms with Crippen LogP contribution in [0.3, 0.4) is 0 Å². The molecule has 0 aliphatic rings. The van der Waals surface area contributed by atoms with Crippen molar-refractivity contribution in [3.63, 3.8) is 0 Å². The Hall–Kier alpha value is -2.46. The van der Waals surface area contributed by atoms with E-state index in [4.69, 9.17) is 11.6 Å². The molecule has 0 bridgehead atoms. The van der Waals surface area contributed by atoms with Crippen LogP contribution in [0.1, 0.15) is 11.1 Å². The van der Waals surface area contributed by atoms with Gasteiger partial charge in [-0.25, -0.2) is 5.43 Å². The molecule has 0 heterocycles. The highest BCUT2D eigenvalue weighted by Gasteiger charge is 2.73. The first-order valence-electron chi connectivity index (χ1n) is 8.94. The molecule has 0 saturated heterocycles. The van der Waals surface area contributed by atoms with E-state index in [2.05, 4.69) is 5.10 Å². The SMILES string of the molecule is FC(F)(F)C(F)(F)C(F)(F)N/N=C/c1ccc(SCc2ccccc2Cl)c2ccccc12. The average molecular weight is 495 g/mol. The number of alkyl halides is 7. The Bertz CT molecular complexity index is 1130.